The topological polar surface area (TPSA) is 57.3 Å². The van der Waals surface area contributed by atoms with Gasteiger partial charge in [-0.15, -0.1) is 0 Å². The molecule has 1 aromatic rings. The highest BCUT2D eigenvalue weighted by molar-refractivity contribution is 5.94. The number of piperidine rings is 1. The number of hydrogen-bond acceptors (Lipinski definition) is 4. The molecule has 0 aliphatic carbocycles. The third-order valence-electron chi connectivity index (χ3n) is 5.18. The summed E-state index contributed by atoms with van der Waals surface area (Å²) in [4.78, 5) is 19.1. The number of nitrogens with zero attached hydrogens (tertiary/aromatic N) is 2. The number of carbonyl (C=O) groups is 1. The van der Waals surface area contributed by atoms with Crippen LogP contribution in [0, 0.1) is 5.92 Å². The molecule has 2 aliphatic heterocycles. The maximum absolute atomic E-state index is 12.2. The Kier molecular flexibility index (Phi) is 6.47. The molecule has 0 saturated carbocycles. The van der Waals surface area contributed by atoms with Crippen LogP contribution in [0.2, 0.25) is 0 Å². The summed E-state index contributed by atoms with van der Waals surface area (Å²) in [7, 11) is 0. The van der Waals surface area contributed by atoms with Crippen molar-refractivity contribution in [1.82, 2.24) is 15.6 Å². The van der Waals surface area contributed by atoms with Gasteiger partial charge in [0.2, 0.25) is 0 Å². The van der Waals surface area contributed by atoms with Gasteiger partial charge >= 0.3 is 0 Å². The Labute approximate surface area is 145 Å². The van der Waals surface area contributed by atoms with E-state index in [9.17, 15) is 4.79 Å². The van der Waals surface area contributed by atoms with E-state index < -0.39 is 0 Å². The maximum Gasteiger partial charge on any atom is 0.252 e. The molecule has 0 radical (unpaired) electrons. The number of pyridine rings is 1. The third-order valence-corrected chi connectivity index (χ3v) is 5.18. The second-order valence-corrected chi connectivity index (χ2v) is 7.06. The number of carbonyl (C=O) groups excluding carboxylic acids is 1. The Morgan fingerprint density at radius 1 is 1.21 bits per heavy atom. The van der Waals surface area contributed by atoms with Crippen LogP contribution in [0.5, 0.6) is 0 Å². The van der Waals surface area contributed by atoms with Crippen LogP contribution < -0.4 is 15.5 Å². The normalized spacial score (nSPS) is 22.0. The van der Waals surface area contributed by atoms with Gasteiger partial charge in [-0.25, -0.2) is 4.98 Å². The van der Waals surface area contributed by atoms with Gasteiger partial charge < -0.3 is 15.5 Å². The number of anilines is 1. The van der Waals surface area contributed by atoms with Crippen LogP contribution in [0.15, 0.2) is 18.3 Å². The molecule has 132 valence electrons. The molecule has 2 saturated heterocycles. The van der Waals surface area contributed by atoms with Gasteiger partial charge in [0.05, 0.1) is 5.56 Å². The highest BCUT2D eigenvalue weighted by Crippen LogP contribution is 2.17. The van der Waals surface area contributed by atoms with Gasteiger partial charge in [0, 0.05) is 25.8 Å². The summed E-state index contributed by atoms with van der Waals surface area (Å²) in [5.41, 5.74) is 0.662. The van der Waals surface area contributed by atoms with Gasteiger partial charge in [-0.05, 0) is 63.2 Å². The number of amides is 1. The number of hydrogen-bond donors (Lipinski definition) is 2. The molecule has 3 rings (SSSR count). The first kappa shape index (κ1) is 17.2. The third kappa shape index (κ3) is 4.94. The van der Waals surface area contributed by atoms with Crippen LogP contribution in [-0.4, -0.2) is 43.6 Å². The van der Waals surface area contributed by atoms with Gasteiger partial charge in [0.25, 0.3) is 5.91 Å². The van der Waals surface area contributed by atoms with Crippen molar-refractivity contribution in [2.24, 2.45) is 5.92 Å². The van der Waals surface area contributed by atoms with Crippen LogP contribution in [0.4, 0.5) is 5.82 Å². The standard InChI is InChI=1S/C19H30N4O/c24-19(21-11-9-16-6-5-10-20-14-16)17-7-8-18(22-15-17)23-12-3-1-2-4-13-23/h7-8,15-16,20H,1-6,9-14H2,(H,21,24). The Morgan fingerprint density at radius 3 is 2.71 bits per heavy atom. The van der Waals surface area contributed by atoms with E-state index >= 15 is 0 Å². The molecule has 1 unspecified atom stereocenters. The molecule has 0 bridgehead atoms. The van der Waals surface area contributed by atoms with Crippen molar-refractivity contribution < 1.29 is 4.79 Å². The summed E-state index contributed by atoms with van der Waals surface area (Å²) in [5, 5.41) is 6.45. The van der Waals surface area contributed by atoms with Crippen molar-refractivity contribution >= 4 is 11.7 Å². The van der Waals surface area contributed by atoms with Gasteiger partial charge in [0.15, 0.2) is 0 Å². The zero-order valence-corrected chi connectivity index (χ0v) is 14.6. The van der Waals surface area contributed by atoms with Crippen LogP contribution in [0.1, 0.15) is 55.3 Å². The summed E-state index contributed by atoms with van der Waals surface area (Å²) in [5.74, 6) is 1.69. The monoisotopic (exact) mass is 330 g/mol. The van der Waals surface area contributed by atoms with E-state index in [1.165, 1.54) is 38.5 Å². The smallest absolute Gasteiger partial charge is 0.252 e. The van der Waals surface area contributed by atoms with Gasteiger partial charge in [0.1, 0.15) is 5.82 Å². The lowest BCUT2D eigenvalue weighted by atomic mass is 9.96. The zero-order valence-electron chi connectivity index (χ0n) is 14.6. The van der Waals surface area contributed by atoms with E-state index in [4.69, 9.17) is 0 Å². The Bertz CT molecular complexity index is 503. The van der Waals surface area contributed by atoms with Crippen molar-refractivity contribution in [3.05, 3.63) is 23.9 Å². The molecular formula is C19H30N4O. The van der Waals surface area contributed by atoms with Crippen LogP contribution in [0.25, 0.3) is 0 Å². The lowest BCUT2D eigenvalue weighted by Gasteiger charge is -2.22. The highest BCUT2D eigenvalue weighted by atomic mass is 16.1. The first-order valence-corrected chi connectivity index (χ1v) is 9.53. The van der Waals surface area contributed by atoms with Gasteiger partial charge in [-0.3, -0.25) is 4.79 Å². The quantitative estimate of drug-likeness (QED) is 0.871. The lowest BCUT2D eigenvalue weighted by Crippen LogP contribution is -2.33. The fourth-order valence-corrected chi connectivity index (χ4v) is 3.67. The molecule has 2 aliphatic rings. The molecule has 1 atom stereocenters. The van der Waals surface area contributed by atoms with Gasteiger partial charge in [-0.1, -0.05) is 12.8 Å². The molecule has 0 spiro atoms. The number of rotatable bonds is 5. The maximum atomic E-state index is 12.2. The van der Waals surface area contributed by atoms with Crippen LogP contribution in [0.3, 0.4) is 0 Å². The Morgan fingerprint density at radius 2 is 2.04 bits per heavy atom. The molecule has 2 N–H and O–H groups in total. The highest BCUT2D eigenvalue weighted by Gasteiger charge is 2.14. The second-order valence-electron chi connectivity index (χ2n) is 7.06. The molecule has 2 fully saturated rings. The van der Waals surface area contributed by atoms with E-state index in [2.05, 4.69) is 20.5 Å². The summed E-state index contributed by atoms with van der Waals surface area (Å²) in [6.07, 6.45) is 10.4. The Balaban J connectivity index is 1.46. The summed E-state index contributed by atoms with van der Waals surface area (Å²) in [6, 6.07) is 3.90. The van der Waals surface area contributed by atoms with Crippen molar-refractivity contribution in [3.8, 4) is 0 Å². The SMILES string of the molecule is O=C(NCCC1CCCNC1)c1ccc(N2CCCCCC2)nc1. The fourth-order valence-electron chi connectivity index (χ4n) is 3.67. The Hall–Kier alpha value is -1.62. The molecule has 5 heteroatoms. The van der Waals surface area contributed by atoms with E-state index in [-0.39, 0.29) is 5.91 Å². The van der Waals surface area contributed by atoms with E-state index in [0.717, 1.165) is 45.0 Å². The molecular weight excluding hydrogens is 300 g/mol. The van der Waals surface area contributed by atoms with E-state index in [1.54, 1.807) is 6.20 Å². The minimum absolute atomic E-state index is 0.00585. The van der Waals surface area contributed by atoms with E-state index in [0.29, 0.717) is 11.5 Å². The average Bonchev–Trinajstić information content (AvgIpc) is 2.92. The molecule has 0 aromatic carbocycles. The number of nitrogens with one attached hydrogen (secondary N) is 2. The number of aromatic nitrogens is 1. The predicted molar refractivity (Wildman–Crippen MR) is 97.5 cm³/mol. The molecule has 24 heavy (non-hydrogen) atoms. The largest absolute Gasteiger partial charge is 0.357 e. The molecule has 1 amide bonds. The minimum Gasteiger partial charge on any atom is -0.357 e. The first-order chi connectivity index (χ1) is 11.8. The fraction of sp³-hybridized carbons (Fsp3) is 0.684. The summed E-state index contributed by atoms with van der Waals surface area (Å²) >= 11 is 0. The van der Waals surface area contributed by atoms with Crippen molar-refractivity contribution in [1.29, 1.82) is 0 Å². The van der Waals surface area contributed by atoms with Crippen molar-refractivity contribution in [2.75, 3.05) is 37.6 Å². The zero-order chi connectivity index (χ0) is 16.6. The predicted octanol–water partition coefficient (Wildman–Crippen LogP) is 2.58. The molecule has 1 aromatic heterocycles. The van der Waals surface area contributed by atoms with Crippen LogP contribution >= 0.6 is 0 Å². The van der Waals surface area contributed by atoms with Crippen molar-refractivity contribution in [3.63, 3.8) is 0 Å². The average molecular weight is 330 g/mol. The minimum atomic E-state index is -0.00585. The van der Waals surface area contributed by atoms with Crippen LogP contribution in [-0.2, 0) is 0 Å². The lowest BCUT2D eigenvalue weighted by molar-refractivity contribution is 0.0950. The molecule has 3 heterocycles. The second kappa shape index (κ2) is 9.02. The van der Waals surface area contributed by atoms with Crippen molar-refractivity contribution in [2.45, 2.75) is 44.9 Å². The molecule has 5 nitrogen and oxygen atoms in total. The first-order valence-electron chi connectivity index (χ1n) is 9.53. The van der Waals surface area contributed by atoms with Gasteiger partial charge in [-0.2, -0.15) is 0 Å². The summed E-state index contributed by atoms with van der Waals surface area (Å²) < 4.78 is 0. The summed E-state index contributed by atoms with van der Waals surface area (Å²) in [6.45, 7) is 5.13. The van der Waals surface area contributed by atoms with E-state index in [1.807, 2.05) is 12.1 Å².